The zero-order chi connectivity index (χ0) is 19.9. The first-order valence-electron chi connectivity index (χ1n) is 9.89. The Bertz CT molecular complexity index is 842. The fourth-order valence-electron chi connectivity index (χ4n) is 3.30. The lowest BCUT2D eigenvalue weighted by atomic mass is 10.0. The number of unbranched alkanes of at least 4 members (excludes halogenated alkanes) is 1. The molecule has 0 radical (unpaired) electrons. The van der Waals surface area contributed by atoms with Crippen molar-refractivity contribution in [1.82, 2.24) is 4.90 Å². The van der Waals surface area contributed by atoms with Crippen molar-refractivity contribution in [2.45, 2.75) is 26.7 Å². The van der Waals surface area contributed by atoms with Gasteiger partial charge >= 0.3 is 0 Å². The minimum Gasteiger partial charge on any atom is -0.494 e. The van der Waals surface area contributed by atoms with E-state index in [9.17, 15) is 4.79 Å². The Morgan fingerprint density at radius 1 is 1.07 bits per heavy atom. The molecular weight excluding hydrogens is 372 g/mol. The number of fused-ring (bicyclic) bond motifs is 1. The molecule has 148 valence electrons. The summed E-state index contributed by atoms with van der Waals surface area (Å²) in [6, 6.07) is 13.2. The summed E-state index contributed by atoms with van der Waals surface area (Å²) >= 11 is 6.08. The van der Waals surface area contributed by atoms with Crippen LogP contribution in [0.1, 0.15) is 37.8 Å². The van der Waals surface area contributed by atoms with Gasteiger partial charge in [-0.2, -0.15) is 0 Å². The number of rotatable bonds is 9. The van der Waals surface area contributed by atoms with Crippen LogP contribution in [0.5, 0.6) is 5.75 Å². The second-order valence-corrected chi connectivity index (χ2v) is 7.29. The zero-order valence-electron chi connectivity index (χ0n) is 16.5. The van der Waals surface area contributed by atoms with Gasteiger partial charge in [0.05, 0.1) is 6.61 Å². The lowest BCUT2D eigenvalue weighted by molar-refractivity contribution is -0.110. The number of nitrogens with one attached hydrogen (secondary N) is 1. The number of anilines is 1. The zero-order valence-corrected chi connectivity index (χ0v) is 17.3. The predicted octanol–water partition coefficient (Wildman–Crippen LogP) is 5.33. The normalized spacial score (nSPS) is 14.4. The molecular formula is C23H27ClN2O2. The second kappa shape index (κ2) is 9.76. The largest absolute Gasteiger partial charge is 0.494 e. The lowest BCUT2D eigenvalue weighted by Gasteiger charge is -2.17. The Kier molecular flexibility index (Phi) is 7.12. The standard InChI is InChI=1S/C23H27ClN2O2/c1-3-26(4-2)13-5-6-14-28-19-10-7-17(8-11-19)15-21-20-16-18(24)9-12-22(20)25-23(21)27/h7-12,15-16H,3-6,13-14H2,1-2H3,(H,25,27)/b21-15-. The highest BCUT2D eigenvalue weighted by Crippen LogP contribution is 2.35. The lowest BCUT2D eigenvalue weighted by Crippen LogP contribution is -2.24. The van der Waals surface area contributed by atoms with Crippen molar-refractivity contribution in [3.63, 3.8) is 0 Å². The maximum absolute atomic E-state index is 12.3. The van der Waals surface area contributed by atoms with Crippen LogP contribution in [0.25, 0.3) is 11.6 Å². The molecule has 5 heteroatoms. The van der Waals surface area contributed by atoms with Gasteiger partial charge in [-0.05, 0) is 74.4 Å². The molecule has 2 aromatic carbocycles. The molecule has 1 aliphatic rings. The molecule has 1 aliphatic heterocycles. The number of carbonyl (C=O) groups is 1. The van der Waals surface area contributed by atoms with E-state index in [0.29, 0.717) is 10.6 Å². The number of halogens is 1. The van der Waals surface area contributed by atoms with Gasteiger partial charge < -0.3 is 15.0 Å². The average molecular weight is 399 g/mol. The number of ether oxygens (including phenoxy) is 1. The van der Waals surface area contributed by atoms with E-state index in [1.165, 1.54) is 0 Å². The number of hydrogen-bond acceptors (Lipinski definition) is 3. The van der Waals surface area contributed by atoms with Gasteiger partial charge in [-0.25, -0.2) is 0 Å². The third-order valence-corrected chi connectivity index (χ3v) is 5.22. The highest BCUT2D eigenvalue weighted by atomic mass is 35.5. The van der Waals surface area contributed by atoms with E-state index in [4.69, 9.17) is 16.3 Å². The fraction of sp³-hybridized carbons (Fsp3) is 0.348. The number of amides is 1. The molecule has 0 unspecified atom stereocenters. The van der Waals surface area contributed by atoms with E-state index in [1.807, 2.05) is 42.5 Å². The predicted molar refractivity (Wildman–Crippen MR) is 117 cm³/mol. The van der Waals surface area contributed by atoms with Gasteiger partial charge in [-0.15, -0.1) is 0 Å². The maximum Gasteiger partial charge on any atom is 0.256 e. The Labute approximate surface area is 172 Å². The molecule has 0 saturated carbocycles. The molecule has 0 bridgehead atoms. The van der Waals surface area contributed by atoms with Crippen molar-refractivity contribution in [2.75, 3.05) is 31.6 Å². The summed E-state index contributed by atoms with van der Waals surface area (Å²) < 4.78 is 5.84. The van der Waals surface area contributed by atoms with Crippen LogP contribution in [0.2, 0.25) is 5.02 Å². The van der Waals surface area contributed by atoms with Crippen molar-refractivity contribution < 1.29 is 9.53 Å². The quantitative estimate of drug-likeness (QED) is 0.458. The van der Waals surface area contributed by atoms with Crippen molar-refractivity contribution in [3.05, 3.63) is 58.6 Å². The number of hydrogen-bond donors (Lipinski definition) is 1. The molecule has 1 amide bonds. The van der Waals surface area contributed by atoms with Crippen molar-refractivity contribution in [2.24, 2.45) is 0 Å². The first kappa shape index (κ1) is 20.4. The van der Waals surface area contributed by atoms with Gasteiger partial charge in [0.2, 0.25) is 0 Å². The second-order valence-electron chi connectivity index (χ2n) is 6.85. The van der Waals surface area contributed by atoms with Gasteiger partial charge in [0.25, 0.3) is 5.91 Å². The van der Waals surface area contributed by atoms with Crippen LogP contribution in [0.4, 0.5) is 5.69 Å². The van der Waals surface area contributed by atoms with E-state index in [0.717, 1.165) is 61.6 Å². The SMILES string of the molecule is CCN(CC)CCCCOc1ccc(/C=C2\C(=O)Nc3ccc(Cl)cc32)cc1. The van der Waals surface area contributed by atoms with Crippen LogP contribution in [0, 0.1) is 0 Å². The van der Waals surface area contributed by atoms with Gasteiger partial charge in [-0.1, -0.05) is 37.6 Å². The molecule has 1 N–H and O–H groups in total. The summed E-state index contributed by atoms with van der Waals surface area (Å²) in [7, 11) is 0. The van der Waals surface area contributed by atoms with Crippen LogP contribution >= 0.6 is 11.6 Å². The van der Waals surface area contributed by atoms with Crippen LogP contribution in [0.15, 0.2) is 42.5 Å². The smallest absolute Gasteiger partial charge is 0.256 e. The molecule has 0 spiro atoms. The Morgan fingerprint density at radius 2 is 1.82 bits per heavy atom. The maximum atomic E-state index is 12.3. The summed E-state index contributed by atoms with van der Waals surface area (Å²) in [5.74, 6) is 0.745. The topological polar surface area (TPSA) is 41.6 Å². The molecule has 0 saturated heterocycles. The van der Waals surface area contributed by atoms with Crippen LogP contribution in [-0.4, -0.2) is 37.0 Å². The molecule has 3 rings (SSSR count). The average Bonchev–Trinajstić information content (AvgIpc) is 3.00. The summed E-state index contributed by atoms with van der Waals surface area (Å²) in [4.78, 5) is 14.7. The Morgan fingerprint density at radius 3 is 2.54 bits per heavy atom. The minimum absolute atomic E-state index is 0.106. The molecule has 28 heavy (non-hydrogen) atoms. The number of nitrogens with zero attached hydrogens (tertiary/aromatic N) is 1. The number of benzene rings is 2. The monoisotopic (exact) mass is 398 g/mol. The van der Waals surface area contributed by atoms with Crippen LogP contribution < -0.4 is 10.1 Å². The van der Waals surface area contributed by atoms with Gasteiger partial charge in [0, 0.05) is 21.8 Å². The van der Waals surface area contributed by atoms with Gasteiger partial charge in [-0.3, -0.25) is 4.79 Å². The van der Waals surface area contributed by atoms with Crippen LogP contribution in [0.3, 0.4) is 0 Å². The summed E-state index contributed by atoms with van der Waals surface area (Å²) in [6.07, 6.45) is 4.06. The van der Waals surface area contributed by atoms with Crippen LogP contribution in [-0.2, 0) is 4.79 Å². The minimum atomic E-state index is -0.106. The highest BCUT2D eigenvalue weighted by Gasteiger charge is 2.24. The first-order chi connectivity index (χ1) is 13.6. The Hall–Kier alpha value is -2.30. The molecule has 0 fully saturated rings. The third kappa shape index (κ3) is 5.15. The highest BCUT2D eigenvalue weighted by molar-refractivity contribution is 6.36. The molecule has 1 heterocycles. The fourth-order valence-corrected chi connectivity index (χ4v) is 3.47. The summed E-state index contributed by atoms with van der Waals surface area (Å²) in [6.45, 7) is 8.43. The van der Waals surface area contributed by atoms with E-state index in [1.54, 1.807) is 6.07 Å². The summed E-state index contributed by atoms with van der Waals surface area (Å²) in [5, 5.41) is 3.48. The molecule has 4 nitrogen and oxygen atoms in total. The third-order valence-electron chi connectivity index (χ3n) is 4.99. The van der Waals surface area contributed by atoms with E-state index in [2.05, 4.69) is 24.1 Å². The van der Waals surface area contributed by atoms with Gasteiger partial charge in [0.15, 0.2) is 0 Å². The van der Waals surface area contributed by atoms with Crippen molar-refractivity contribution in [1.29, 1.82) is 0 Å². The molecule has 0 aliphatic carbocycles. The van der Waals surface area contributed by atoms with E-state index >= 15 is 0 Å². The Balaban J connectivity index is 1.56. The number of carbonyl (C=O) groups excluding carboxylic acids is 1. The molecule has 2 aromatic rings. The van der Waals surface area contributed by atoms with Gasteiger partial charge in [0.1, 0.15) is 5.75 Å². The van der Waals surface area contributed by atoms with E-state index in [-0.39, 0.29) is 5.91 Å². The van der Waals surface area contributed by atoms with Crippen molar-refractivity contribution >= 4 is 34.8 Å². The molecule has 0 aromatic heterocycles. The van der Waals surface area contributed by atoms with E-state index < -0.39 is 0 Å². The van der Waals surface area contributed by atoms with Crippen molar-refractivity contribution in [3.8, 4) is 5.75 Å². The summed E-state index contributed by atoms with van der Waals surface area (Å²) in [5.41, 5.74) is 3.21. The molecule has 0 atom stereocenters. The first-order valence-corrected chi connectivity index (χ1v) is 10.3.